The van der Waals surface area contributed by atoms with Gasteiger partial charge in [-0.05, 0) is 43.6 Å². The van der Waals surface area contributed by atoms with Gasteiger partial charge in [0.1, 0.15) is 5.75 Å². The maximum atomic E-state index is 12.5. The van der Waals surface area contributed by atoms with E-state index in [9.17, 15) is 8.42 Å². The minimum atomic E-state index is -3.29. The Labute approximate surface area is 133 Å². The van der Waals surface area contributed by atoms with E-state index in [1.54, 1.807) is 20.2 Å². The highest BCUT2D eigenvalue weighted by Gasteiger charge is 2.27. The van der Waals surface area contributed by atoms with Crippen molar-refractivity contribution in [1.29, 1.82) is 0 Å². The molecule has 0 unspecified atom stereocenters. The summed E-state index contributed by atoms with van der Waals surface area (Å²) in [6, 6.07) is 7.32. The van der Waals surface area contributed by atoms with Crippen molar-refractivity contribution in [3.05, 3.63) is 29.8 Å². The molecule has 1 aromatic rings. The summed E-state index contributed by atoms with van der Waals surface area (Å²) in [5.74, 6) is 0.701. The number of nitrogens with one attached hydrogen (secondary N) is 1. The van der Waals surface area contributed by atoms with Gasteiger partial charge in [-0.2, -0.15) is 0 Å². The third-order valence-electron chi connectivity index (χ3n) is 3.74. The lowest BCUT2D eigenvalue weighted by atomic mass is 10.1. The molecule has 120 valence electrons. The maximum absolute atomic E-state index is 12.5. The van der Waals surface area contributed by atoms with Crippen molar-refractivity contribution in [2.24, 2.45) is 0 Å². The normalized spacial score (nSPS) is 16.5. The molecule has 0 saturated carbocycles. The molecule has 2 rings (SSSR count). The number of benzene rings is 1. The SMILES string of the molecule is COc1cccc(CS(=O)(=O)N(C)C2CCNCC2)c1.Cl. The number of hydrogen-bond acceptors (Lipinski definition) is 4. The van der Waals surface area contributed by atoms with Crippen LogP contribution in [0.3, 0.4) is 0 Å². The second-order valence-corrected chi connectivity index (χ2v) is 7.13. The average Bonchev–Trinajstić information content (AvgIpc) is 2.47. The molecular weight excluding hydrogens is 312 g/mol. The summed E-state index contributed by atoms with van der Waals surface area (Å²) >= 11 is 0. The zero-order chi connectivity index (χ0) is 14.6. The molecule has 0 bridgehead atoms. The zero-order valence-electron chi connectivity index (χ0n) is 12.4. The van der Waals surface area contributed by atoms with Gasteiger partial charge in [0, 0.05) is 13.1 Å². The number of rotatable bonds is 5. The molecule has 1 aromatic carbocycles. The Bertz CT molecular complexity index is 545. The molecule has 1 fully saturated rings. The van der Waals surface area contributed by atoms with Crippen molar-refractivity contribution in [2.75, 3.05) is 27.2 Å². The maximum Gasteiger partial charge on any atom is 0.218 e. The molecule has 1 heterocycles. The summed E-state index contributed by atoms with van der Waals surface area (Å²) in [6.45, 7) is 1.76. The minimum Gasteiger partial charge on any atom is -0.497 e. The lowest BCUT2D eigenvalue weighted by molar-refractivity contribution is 0.296. The molecule has 0 amide bonds. The van der Waals surface area contributed by atoms with E-state index in [-0.39, 0.29) is 24.2 Å². The third-order valence-corrected chi connectivity index (χ3v) is 5.62. The molecule has 5 nitrogen and oxygen atoms in total. The van der Waals surface area contributed by atoms with Crippen molar-refractivity contribution in [1.82, 2.24) is 9.62 Å². The quantitative estimate of drug-likeness (QED) is 0.889. The van der Waals surface area contributed by atoms with Crippen molar-refractivity contribution in [3.8, 4) is 5.75 Å². The Morgan fingerprint density at radius 1 is 1.33 bits per heavy atom. The predicted octanol–water partition coefficient (Wildman–Crippen LogP) is 1.63. The fraction of sp³-hybridized carbons (Fsp3) is 0.571. The zero-order valence-corrected chi connectivity index (χ0v) is 14.0. The molecular formula is C14H23ClN2O3S. The van der Waals surface area contributed by atoms with Crippen molar-refractivity contribution in [2.45, 2.75) is 24.6 Å². The average molecular weight is 335 g/mol. The molecule has 1 aliphatic heterocycles. The number of ether oxygens (including phenoxy) is 1. The number of methoxy groups -OCH3 is 1. The van der Waals surface area contributed by atoms with Crippen LogP contribution in [0.4, 0.5) is 0 Å². The van der Waals surface area contributed by atoms with Crippen molar-refractivity contribution in [3.63, 3.8) is 0 Å². The van der Waals surface area contributed by atoms with Crippen LogP contribution >= 0.6 is 12.4 Å². The van der Waals surface area contributed by atoms with E-state index in [0.717, 1.165) is 31.5 Å². The second kappa shape index (κ2) is 7.98. The van der Waals surface area contributed by atoms with Gasteiger partial charge in [0.2, 0.25) is 10.0 Å². The summed E-state index contributed by atoms with van der Waals surface area (Å²) in [7, 11) is -0.0238. The highest BCUT2D eigenvalue weighted by atomic mass is 35.5. The highest BCUT2D eigenvalue weighted by molar-refractivity contribution is 7.88. The van der Waals surface area contributed by atoms with Gasteiger partial charge in [0.05, 0.1) is 12.9 Å². The first-order chi connectivity index (χ1) is 9.53. The Balaban J connectivity index is 0.00000220. The van der Waals surface area contributed by atoms with Crippen LogP contribution in [0.1, 0.15) is 18.4 Å². The monoisotopic (exact) mass is 334 g/mol. The topological polar surface area (TPSA) is 58.6 Å². The molecule has 1 N–H and O–H groups in total. The number of hydrogen-bond donors (Lipinski definition) is 1. The standard InChI is InChI=1S/C14H22N2O3S.ClH/c1-16(13-6-8-15-9-7-13)20(17,18)11-12-4-3-5-14(10-12)19-2;/h3-5,10,13,15H,6-9,11H2,1-2H3;1H. The van der Waals surface area contributed by atoms with E-state index in [0.29, 0.717) is 5.75 Å². The molecule has 0 aliphatic carbocycles. The van der Waals surface area contributed by atoms with Gasteiger partial charge in [-0.25, -0.2) is 12.7 Å². The van der Waals surface area contributed by atoms with E-state index < -0.39 is 10.0 Å². The largest absolute Gasteiger partial charge is 0.497 e. The molecule has 0 radical (unpaired) electrons. The van der Waals surface area contributed by atoms with Crippen molar-refractivity contribution >= 4 is 22.4 Å². The lowest BCUT2D eigenvalue weighted by Gasteiger charge is -2.30. The van der Waals surface area contributed by atoms with Gasteiger partial charge >= 0.3 is 0 Å². The van der Waals surface area contributed by atoms with Crippen LogP contribution in [-0.4, -0.2) is 46.0 Å². The first-order valence-corrected chi connectivity index (χ1v) is 8.43. The summed E-state index contributed by atoms with van der Waals surface area (Å²) in [5.41, 5.74) is 0.755. The van der Waals surface area contributed by atoms with Crippen LogP contribution < -0.4 is 10.1 Å². The first-order valence-electron chi connectivity index (χ1n) is 6.82. The summed E-state index contributed by atoms with van der Waals surface area (Å²) in [4.78, 5) is 0. The van der Waals surface area contributed by atoms with Gasteiger partial charge in [-0.15, -0.1) is 12.4 Å². The number of halogens is 1. The van der Waals surface area contributed by atoms with E-state index in [1.807, 2.05) is 18.2 Å². The molecule has 0 atom stereocenters. The molecule has 0 spiro atoms. The third kappa shape index (κ3) is 4.85. The molecule has 1 aliphatic rings. The number of sulfonamides is 1. The molecule has 7 heteroatoms. The Hall–Kier alpha value is -0.820. The van der Waals surface area contributed by atoms with E-state index in [1.165, 1.54) is 4.31 Å². The molecule has 0 aromatic heterocycles. The number of nitrogens with zero attached hydrogens (tertiary/aromatic N) is 1. The second-order valence-electron chi connectivity index (χ2n) is 5.11. The smallest absolute Gasteiger partial charge is 0.218 e. The van der Waals surface area contributed by atoms with Gasteiger partial charge in [0.25, 0.3) is 0 Å². The molecule has 21 heavy (non-hydrogen) atoms. The van der Waals surface area contributed by atoms with Crippen LogP contribution in [0.15, 0.2) is 24.3 Å². The lowest BCUT2D eigenvalue weighted by Crippen LogP contribution is -2.44. The summed E-state index contributed by atoms with van der Waals surface area (Å²) < 4.78 is 31.6. The van der Waals surface area contributed by atoms with Gasteiger partial charge in [0.15, 0.2) is 0 Å². The Morgan fingerprint density at radius 2 is 2.00 bits per heavy atom. The number of piperidine rings is 1. The predicted molar refractivity (Wildman–Crippen MR) is 86.5 cm³/mol. The highest BCUT2D eigenvalue weighted by Crippen LogP contribution is 2.19. The van der Waals surface area contributed by atoms with Crippen LogP contribution in [0.5, 0.6) is 5.75 Å². The van der Waals surface area contributed by atoms with Crippen LogP contribution in [0.2, 0.25) is 0 Å². The van der Waals surface area contributed by atoms with Gasteiger partial charge in [-0.1, -0.05) is 12.1 Å². The fourth-order valence-electron chi connectivity index (χ4n) is 2.47. The molecule has 1 saturated heterocycles. The Kier molecular flexibility index (Phi) is 6.93. The summed E-state index contributed by atoms with van der Waals surface area (Å²) in [6.07, 6.45) is 1.74. The van der Waals surface area contributed by atoms with Crippen LogP contribution in [-0.2, 0) is 15.8 Å². The van der Waals surface area contributed by atoms with E-state index in [4.69, 9.17) is 4.74 Å². The fourth-order valence-corrected chi connectivity index (χ4v) is 3.94. The van der Waals surface area contributed by atoms with Crippen molar-refractivity contribution < 1.29 is 13.2 Å². The van der Waals surface area contributed by atoms with Crippen LogP contribution in [0, 0.1) is 0 Å². The van der Waals surface area contributed by atoms with E-state index in [2.05, 4.69) is 5.32 Å². The van der Waals surface area contributed by atoms with Gasteiger partial charge < -0.3 is 10.1 Å². The summed E-state index contributed by atoms with van der Waals surface area (Å²) in [5, 5.41) is 3.25. The van der Waals surface area contributed by atoms with E-state index >= 15 is 0 Å². The first kappa shape index (κ1) is 18.2. The Morgan fingerprint density at radius 3 is 2.62 bits per heavy atom. The van der Waals surface area contributed by atoms with Crippen LogP contribution in [0.25, 0.3) is 0 Å². The van der Waals surface area contributed by atoms with Gasteiger partial charge in [-0.3, -0.25) is 0 Å². The minimum absolute atomic E-state index is 0.